The Labute approximate surface area is 164 Å². The molecule has 7 heteroatoms. The fourth-order valence-corrected chi connectivity index (χ4v) is 3.66. The first kappa shape index (κ1) is 18.4. The smallest absolute Gasteiger partial charge is 0.254 e. The zero-order valence-corrected chi connectivity index (χ0v) is 16.4. The monoisotopic (exact) mass is 378 g/mol. The number of piperidine rings is 1. The van der Waals surface area contributed by atoms with Gasteiger partial charge < -0.3 is 10.2 Å². The van der Waals surface area contributed by atoms with Gasteiger partial charge in [-0.15, -0.1) is 0 Å². The molecular weight excluding hydrogens is 352 g/mol. The predicted octanol–water partition coefficient (Wildman–Crippen LogP) is 2.53. The lowest BCUT2D eigenvalue weighted by molar-refractivity contribution is -0.125. The van der Waals surface area contributed by atoms with Crippen molar-refractivity contribution >= 4 is 17.5 Å². The van der Waals surface area contributed by atoms with Gasteiger partial charge in [-0.05, 0) is 31.7 Å². The molecule has 1 saturated heterocycles. The lowest BCUT2D eigenvalue weighted by atomic mass is 9.95. The van der Waals surface area contributed by atoms with Crippen molar-refractivity contribution in [3.05, 3.63) is 53.5 Å². The quantitative estimate of drug-likeness (QED) is 0.738. The number of carbonyl (C=O) groups is 1. The predicted molar refractivity (Wildman–Crippen MR) is 108 cm³/mol. The molecule has 7 nitrogen and oxygen atoms in total. The average molecular weight is 378 g/mol. The molecule has 0 radical (unpaired) electrons. The molecule has 0 saturated carbocycles. The maximum atomic E-state index is 12.6. The molecule has 146 valence electrons. The van der Waals surface area contributed by atoms with Gasteiger partial charge in [0.05, 0.1) is 0 Å². The molecule has 3 heterocycles. The number of fused-ring (bicyclic) bond motifs is 1. The van der Waals surface area contributed by atoms with E-state index in [1.807, 2.05) is 0 Å². The zero-order valence-electron chi connectivity index (χ0n) is 16.4. The Morgan fingerprint density at radius 1 is 1.21 bits per heavy atom. The Kier molecular flexibility index (Phi) is 5.23. The van der Waals surface area contributed by atoms with Crippen molar-refractivity contribution in [2.24, 2.45) is 5.92 Å². The summed E-state index contributed by atoms with van der Waals surface area (Å²) in [4.78, 5) is 23.6. The maximum absolute atomic E-state index is 12.6. The molecule has 0 spiro atoms. The minimum Gasteiger partial charge on any atom is -0.356 e. The standard InChI is InChI=1S/C21H26N6O/c1-3-18-12-19(27-21(25-18)23-14-24-27)26-10-8-17(9-11-26)20(28)22-13-16-6-4-15(2)5-7-16/h4-7,12,14,17H,3,8-11,13H2,1-2H3,(H,22,28). The molecule has 1 amide bonds. The second kappa shape index (κ2) is 7.96. The van der Waals surface area contributed by atoms with Crippen molar-refractivity contribution in [1.82, 2.24) is 24.9 Å². The topological polar surface area (TPSA) is 75.4 Å². The zero-order chi connectivity index (χ0) is 19.5. The summed E-state index contributed by atoms with van der Waals surface area (Å²) in [5.41, 5.74) is 3.37. The number of hydrogen-bond donors (Lipinski definition) is 1. The third-order valence-corrected chi connectivity index (χ3v) is 5.43. The van der Waals surface area contributed by atoms with Crippen molar-refractivity contribution in [3.63, 3.8) is 0 Å². The average Bonchev–Trinajstić information content (AvgIpc) is 3.21. The van der Waals surface area contributed by atoms with Gasteiger partial charge in [0, 0.05) is 37.3 Å². The SMILES string of the molecule is CCc1cc(N2CCC(C(=O)NCc3ccc(C)cc3)CC2)n2ncnc2n1. The van der Waals surface area contributed by atoms with Crippen LogP contribution < -0.4 is 10.2 Å². The number of anilines is 1. The molecule has 1 fully saturated rings. The first-order valence-electron chi connectivity index (χ1n) is 9.92. The summed E-state index contributed by atoms with van der Waals surface area (Å²) in [6.07, 6.45) is 4.06. The van der Waals surface area contributed by atoms with Crippen LogP contribution in [0.25, 0.3) is 5.78 Å². The third kappa shape index (κ3) is 3.83. The van der Waals surface area contributed by atoms with Crippen LogP contribution in [0.2, 0.25) is 0 Å². The third-order valence-electron chi connectivity index (χ3n) is 5.43. The highest BCUT2D eigenvalue weighted by molar-refractivity contribution is 5.79. The molecule has 0 aliphatic carbocycles. The van der Waals surface area contributed by atoms with Crippen LogP contribution in [0.4, 0.5) is 5.82 Å². The van der Waals surface area contributed by atoms with Crippen molar-refractivity contribution in [3.8, 4) is 0 Å². The number of nitrogens with zero attached hydrogens (tertiary/aromatic N) is 5. The van der Waals surface area contributed by atoms with Gasteiger partial charge in [0.25, 0.3) is 5.78 Å². The van der Waals surface area contributed by atoms with Crippen molar-refractivity contribution in [2.75, 3.05) is 18.0 Å². The van der Waals surface area contributed by atoms with E-state index in [0.29, 0.717) is 12.3 Å². The van der Waals surface area contributed by atoms with Gasteiger partial charge in [-0.3, -0.25) is 4.79 Å². The Morgan fingerprint density at radius 3 is 2.68 bits per heavy atom. The Balaban J connectivity index is 1.37. The fraction of sp³-hybridized carbons (Fsp3) is 0.429. The van der Waals surface area contributed by atoms with Gasteiger partial charge in [-0.1, -0.05) is 36.8 Å². The van der Waals surface area contributed by atoms with Crippen LogP contribution in [0.3, 0.4) is 0 Å². The number of amides is 1. The Bertz CT molecular complexity index is 957. The van der Waals surface area contributed by atoms with E-state index < -0.39 is 0 Å². The number of hydrogen-bond acceptors (Lipinski definition) is 5. The van der Waals surface area contributed by atoms with Gasteiger partial charge in [-0.2, -0.15) is 14.6 Å². The van der Waals surface area contributed by atoms with Crippen molar-refractivity contribution in [2.45, 2.75) is 39.7 Å². The van der Waals surface area contributed by atoms with E-state index in [-0.39, 0.29) is 11.8 Å². The molecule has 1 N–H and O–H groups in total. The maximum Gasteiger partial charge on any atom is 0.254 e. The molecule has 0 atom stereocenters. The van der Waals surface area contributed by atoms with E-state index in [9.17, 15) is 4.79 Å². The molecule has 0 unspecified atom stereocenters. The van der Waals surface area contributed by atoms with Gasteiger partial charge in [0.2, 0.25) is 5.91 Å². The highest BCUT2D eigenvalue weighted by atomic mass is 16.1. The van der Waals surface area contributed by atoms with E-state index in [1.165, 1.54) is 11.9 Å². The van der Waals surface area contributed by atoms with Crippen LogP contribution in [-0.2, 0) is 17.8 Å². The second-order valence-electron chi connectivity index (χ2n) is 7.40. The van der Waals surface area contributed by atoms with E-state index in [4.69, 9.17) is 0 Å². The summed E-state index contributed by atoms with van der Waals surface area (Å²) in [6, 6.07) is 10.4. The summed E-state index contributed by atoms with van der Waals surface area (Å²) >= 11 is 0. The summed E-state index contributed by atoms with van der Waals surface area (Å²) in [5.74, 6) is 1.85. The Morgan fingerprint density at radius 2 is 1.96 bits per heavy atom. The summed E-state index contributed by atoms with van der Waals surface area (Å²) in [6.45, 7) is 6.39. The number of carbonyl (C=O) groups excluding carboxylic acids is 1. The molecule has 2 aromatic heterocycles. The lowest BCUT2D eigenvalue weighted by Gasteiger charge is -2.33. The van der Waals surface area contributed by atoms with Crippen LogP contribution in [-0.4, -0.2) is 38.6 Å². The summed E-state index contributed by atoms with van der Waals surface area (Å²) < 4.78 is 1.79. The second-order valence-corrected chi connectivity index (χ2v) is 7.40. The normalized spacial score (nSPS) is 15.1. The first-order chi connectivity index (χ1) is 13.6. The number of benzene rings is 1. The van der Waals surface area contributed by atoms with Crippen LogP contribution >= 0.6 is 0 Å². The highest BCUT2D eigenvalue weighted by Gasteiger charge is 2.26. The molecular formula is C21H26N6O. The van der Waals surface area contributed by atoms with Gasteiger partial charge in [-0.25, -0.2) is 4.98 Å². The fourth-order valence-electron chi connectivity index (χ4n) is 3.66. The highest BCUT2D eigenvalue weighted by Crippen LogP contribution is 2.24. The number of rotatable bonds is 5. The minimum atomic E-state index is 0.0559. The molecule has 0 bridgehead atoms. The number of nitrogens with one attached hydrogen (secondary N) is 1. The van der Waals surface area contributed by atoms with E-state index in [0.717, 1.165) is 49.4 Å². The minimum absolute atomic E-state index is 0.0559. The van der Waals surface area contributed by atoms with E-state index in [2.05, 4.69) is 69.5 Å². The van der Waals surface area contributed by atoms with Crippen LogP contribution in [0.15, 0.2) is 36.7 Å². The molecule has 1 aliphatic rings. The Hall–Kier alpha value is -2.96. The number of aryl methyl sites for hydroxylation is 2. The molecule has 28 heavy (non-hydrogen) atoms. The van der Waals surface area contributed by atoms with Gasteiger partial charge in [0.15, 0.2) is 0 Å². The summed E-state index contributed by atoms with van der Waals surface area (Å²) in [5, 5.41) is 7.41. The summed E-state index contributed by atoms with van der Waals surface area (Å²) in [7, 11) is 0. The first-order valence-corrected chi connectivity index (χ1v) is 9.92. The molecule has 1 aliphatic heterocycles. The number of aromatic nitrogens is 4. The molecule has 3 aromatic rings. The van der Waals surface area contributed by atoms with Crippen LogP contribution in [0.1, 0.15) is 36.6 Å². The van der Waals surface area contributed by atoms with E-state index in [1.54, 1.807) is 4.52 Å². The van der Waals surface area contributed by atoms with Gasteiger partial charge >= 0.3 is 0 Å². The molecule has 4 rings (SSSR count). The van der Waals surface area contributed by atoms with Gasteiger partial charge in [0.1, 0.15) is 12.1 Å². The van der Waals surface area contributed by atoms with Crippen LogP contribution in [0.5, 0.6) is 0 Å². The van der Waals surface area contributed by atoms with Crippen LogP contribution in [0, 0.1) is 12.8 Å². The van der Waals surface area contributed by atoms with Crippen molar-refractivity contribution < 1.29 is 4.79 Å². The largest absolute Gasteiger partial charge is 0.356 e. The molecule has 1 aromatic carbocycles. The van der Waals surface area contributed by atoms with E-state index >= 15 is 0 Å². The van der Waals surface area contributed by atoms with Crippen molar-refractivity contribution in [1.29, 1.82) is 0 Å². The lowest BCUT2D eigenvalue weighted by Crippen LogP contribution is -2.41.